The lowest BCUT2D eigenvalue weighted by Crippen LogP contribution is -2.45. The maximum Gasteiger partial charge on any atom is 0.0540 e. The highest BCUT2D eigenvalue weighted by atomic mass is 15.3. The quantitative estimate of drug-likeness (QED) is 0.773. The lowest BCUT2D eigenvalue weighted by atomic mass is 10.2. The zero-order chi connectivity index (χ0) is 11.4. The summed E-state index contributed by atoms with van der Waals surface area (Å²) < 4.78 is 0. The van der Waals surface area contributed by atoms with Crippen LogP contribution in [0.5, 0.6) is 0 Å². The van der Waals surface area contributed by atoms with Gasteiger partial charge >= 0.3 is 0 Å². The molecule has 0 saturated carbocycles. The van der Waals surface area contributed by atoms with Crippen molar-refractivity contribution in [3.8, 4) is 0 Å². The van der Waals surface area contributed by atoms with Crippen LogP contribution in [-0.4, -0.2) is 42.5 Å². The van der Waals surface area contributed by atoms with Crippen LogP contribution < -0.4 is 5.73 Å². The van der Waals surface area contributed by atoms with Crippen molar-refractivity contribution < 1.29 is 0 Å². The van der Waals surface area contributed by atoms with Gasteiger partial charge in [-0.1, -0.05) is 19.1 Å². The molecular weight excluding hydrogens is 198 g/mol. The first kappa shape index (κ1) is 11.4. The molecular formula is C13H20N3. The average Bonchev–Trinajstić information content (AvgIpc) is 2.33. The first-order valence-corrected chi connectivity index (χ1v) is 6.03. The Labute approximate surface area is 97.8 Å². The molecule has 0 amide bonds. The minimum absolute atomic E-state index is 0.597. The molecule has 1 radical (unpaired) electrons. The molecule has 0 aromatic heterocycles. The number of likely N-dealkylation sites (N-methyl/N-ethyl adjacent to an activating group) is 1. The largest absolute Gasteiger partial charge is 0.301 e. The van der Waals surface area contributed by atoms with Crippen molar-refractivity contribution in [2.75, 3.05) is 32.7 Å². The van der Waals surface area contributed by atoms with Gasteiger partial charge in [0.2, 0.25) is 0 Å². The van der Waals surface area contributed by atoms with Crippen LogP contribution in [-0.2, 0) is 6.54 Å². The van der Waals surface area contributed by atoms with E-state index in [2.05, 4.69) is 28.9 Å². The molecule has 3 nitrogen and oxygen atoms in total. The van der Waals surface area contributed by atoms with E-state index in [-0.39, 0.29) is 0 Å². The van der Waals surface area contributed by atoms with Crippen molar-refractivity contribution in [1.29, 1.82) is 0 Å². The van der Waals surface area contributed by atoms with Crippen LogP contribution in [0.25, 0.3) is 0 Å². The Hall–Kier alpha value is -1.06. The maximum absolute atomic E-state index is 7.44. The molecule has 1 aliphatic rings. The SMILES string of the molecule is CCN1CCN(Cc2ccc([NH])cc2)CC1. The number of benzene rings is 1. The third kappa shape index (κ3) is 2.97. The van der Waals surface area contributed by atoms with Gasteiger partial charge in [0.1, 0.15) is 0 Å². The Morgan fingerprint density at radius 1 is 1.00 bits per heavy atom. The normalized spacial score (nSPS) is 18.8. The van der Waals surface area contributed by atoms with Gasteiger partial charge in [0.25, 0.3) is 0 Å². The van der Waals surface area contributed by atoms with Crippen LogP contribution >= 0.6 is 0 Å². The van der Waals surface area contributed by atoms with E-state index < -0.39 is 0 Å². The van der Waals surface area contributed by atoms with Crippen molar-refractivity contribution in [3.05, 3.63) is 29.8 Å². The molecule has 0 spiro atoms. The molecule has 0 aliphatic carbocycles. The molecule has 1 aromatic carbocycles. The van der Waals surface area contributed by atoms with Crippen LogP contribution in [0.15, 0.2) is 24.3 Å². The summed E-state index contributed by atoms with van der Waals surface area (Å²) >= 11 is 0. The zero-order valence-corrected chi connectivity index (χ0v) is 9.95. The second-order valence-electron chi connectivity index (χ2n) is 4.41. The van der Waals surface area contributed by atoms with Gasteiger partial charge < -0.3 is 10.6 Å². The number of hydrogen-bond donors (Lipinski definition) is 0. The smallest absolute Gasteiger partial charge is 0.0540 e. The minimum atomic E-state index is 0.597. The van der Waals surface area contributed by atoms with Crippen LogP contribution in [0.2, 0.25) is 0 Å². The topological polar surface area (TPSA) is 30.3 Å². The van der Waals surface area contributed by atoms with Crippen molar-refractivity contribution in [3.63, 3.8) is 0 Å². The van der Waals surface area contributed by atoms with Crippen LogP contribution in [0.4, 0.5) is 5.69 Å². The highest BCUT2D eigenvalue weighted by Crippen LogP contribution is 2.11. The highest BCUT2D eigenvalue weighted by molar-refractivity contribution is 5.35. The summed E-state index contributed by atoms with van der Waals surface area (Å²) in [5, 5.41) is 0. The average molecular weight is 218 g/mol. The van der Waals surface area contributed by atoms with Gasteiger partial charge in [0, 0.05) is 32.7 Å². The van der Waals surface area contributed by atoms with Gasteiger partial charge in [-0.15, -0.1) is 0 Å². The molecule has 16 heavy (non-hydrogen) atoms. The molecule has 1 aliphatic heterocycles. The Kier molecular flexibility index (Phi) is 3.80. The molecule has 1 aromatic rings. The fourth-order valence-electron chi connectivity index (χ4n) is 2.13. The predicted octanol–water partition coefficient (Wildman–Crippen LogP) is 1.74. The van der Waals surface area contributed by atoms with Gasteiger partial charge in [-0.05, 0) is 24.2 Å². The number of hydrogen-bond acceptors (Lipinski definition) is 2. The second kappa shape index (κ2) is 5.32. The van der Waals surface area contributed by atoms with Crippen LogP contribution in [0, 0.1) is 0 Å². The van der Waals surface area contributed by atoms with Gasteiger partial charge in [-0.2, -0.15) is 0 Å². The Bertz CT molecular complexity index is 312. The van der Waals surface area contributed by atoms with E-state index in [0.29, 0.717) is 5.69 Å². The molecule has 0 unspecified atom stereocenters. The molecule has 0 atom stereocenters. The van der Waals surface area contributed by atoms with Crippen molar-refractivity contribution >= 4 is 5.69 Å². The molecule has 3 heteroatoms. The van der Waals surface area contributed by atoms with Crippen molar-refractivity contribution in [2.24, 2.45) is 0 Å². The predicted molar refractivity (Wildman–Crippen MR) is 66.6 cm³/mol. The number of nitrogens with zero attached hydrogens (tertiary/aromatic N) is 2. The van der Waals surface area contributed by atoms with E-state index in [1.807, 2.05) is 12.1 Å². The van der Waals surface area contributed by atoms with E-state index in [9.17, 15) is 0 Å². The van der Waals surface area contributed by atoms with Gasteiger partial charge in [-0.25, -0.2) is 0 Å². The lowest BCUT2D eigenvalue weighted by molar-refractivity contribution is 0.132. The minimum Gasteiger partial charge on any atom is -0.301 e. The molecule has 87 valence electrons. The summed E-state index contributed by atoms with van der Waals surface area (Å²) in [6.07, 6.45) is 0. The zero-order valence-electron chi connectivity index (χ0n) is 9.95. The summed E-state index contributed by atoms with van der Waals surface area (Å²) in [6.45, 7) is 9.12. The summed E-state index contributed by atoms with van der Waals surface area (Å²) in [5.74, 6) is 0. The first-order chi connectivity index (χ1) is 7.78. The molecule has 1 fully saturated rings. The van der Waals surface area contributed by atoms with E-state index >= 15 is 0 Å². The Balaban J connectivity index is 1.84. The maximum atomic E-state index is 7.44. The molecule has 1 saturated heterocycles. The van der Waals surface area contributed by atoms with Gasteiger partial charge in [0.05, 0.1) is 5.69 Å². The first-order valence-electron chi connectivity index (χ1n) is 6.03. The fourth-order valence-corrected chi connectivity index (χ4v) is 2.13. The Morgan fingerprint density at radius 3 is 2.12 bits per heavy atom. The number of piperazine rings is 1. The highest BCUT2D eigenvalue weighted by Gasteiger charge is 2.15. The van der Waals surface area contributed by atoms with Crippen molar-refractivity contribution in [2.45, 2.75) is 13.5 Å². The summed E-state index contributed by atoms with van der Waals surface area (Å²) in [6, 6.07) is 7.87. The van der Waals surface area contributed by atoms with E-state index in [1.54, 1.807) is 0 Å². The number of rotatable bonds is 3. The third-order valence-corrected chi connectivity index (χ3v) is 3.27. The fraction of sp³-hybridized carbons (Fsp3) is 0.538. The third-order valence-electron chi connectivity index (χ3n) is 3.27. The second-order valence-corrected chi connectivity index (χ2v) is 4.41. The number of nitrogens with one attached hydrogen (secondary N) is 1. The summed E-state index contributed by atoms with van der Waals surface area (Å²) in [7, 11) is 0. The monoisotopic (exact) mass is 218 g/mol. The summed E-state index contributed by atoms with van der Waals surface area (Å²) in [4.78, 5) is 4.98. The standard InChI is InChI=1S/C13H20N3/c1-2-15-7-9-16(10-8-15)11-12-3-5-13(14)6-4-12/h3-6,14H,2,7-11H2,1H3. The van der Waals surface area contributed by atoms with E-state index in [4.69, 9.17) is 5.73 Å². The van der Waals surface area contributed by atoms with Gasteiger partial charge in [0.15, 0.2) is 0 Å². The van der Waals surface area contributed by atoms with Gasteiger partial charge in [-0.3, -0.25) is 4.90 Å². The lowest BCUT2D eigenvalue weighted by Gasteiger charge is -2.34. The van der Waals surface area contributed by atoms with Crippen LogP contribution in [0.1, 0.15) is 12.5 Å². The molecule has 1 heterocycles. The molecule has 2 rings (SSSR count). The van der Waals surface area contributed by atoms with Crippen LogP contribution in [0.3, 0.4) is 0 Å². The van der Waals surface area contributed by atoms with E-state index in [0.717, 1.165) is 19.6 Å². The summed E-state index contributed by atoms with van der Waals surface area (Å²) in [5.41, 5.74) is 9.36. The van der Waals surface area contributed by atoms with E-state index in [1.165, 1.54) is 25.2 Å². The van der Waals surface area contributed by atoms with Crippen molar-refractivity contribution in [1.82, 2.24) is 15.5 Å². The molecule has 1 N–H and O–H groups in total. The molecule has 0 bridgehead atoms. The Morgan fingerprint density at radius 2 is 1.56 bits per heavy atom.